The minimum absolute atomic E-state index is 0.472. The van der Waals surface area contributed by atoms with Gasteiger partial charge in [0, 0.05) is 29.3 Å². The number of rotatable bonds is 2. The monoisotopic (exact) mass is 201 g/mol. The van der Waals surface area contributed by atoms with Crippen LogP contribution in [0.4, 0.5) is 0 Å². The quantitative estimate of drug-likeness (QED) is 0.738. The topological polar surface area (TPSA) is 26.0 Å². The highest BCUT2D eigenvalue weighted by atomic mass is 16.3. The number of furan rings is 1. The summed E-state index contributed by atoms with van der Waals surface area (Å²) in [5.41, 5.74) is 2.27. The summed E-state index contributed by atoms with van der Waals surface area (Å²) in [5, 5.41) is 1.16. The van der Waals surface area contributed by atoms with Crippen LogP contribution in [0.2, 0.25) is 0 Å². The van der Waals surface area contributed by atoms with Gasteiger partial charge in [0.2, 0.25) is 0 Å². The summed E-state index contributed by atoms with van der Waals surface area (Å²) < 4.78 is 5.94. The molecular formula is C13H15NO. The van der Waals surface area contributed by atoms with Gasteiger partial charge in [-0.3, -0.25) is 4.98 Å². The highest BCUT2D eigenvalue weighted by molar-refractivity contribution is 5.80. The van der Waals surface area contributed by atoms with Crippen LogP contribution < -0.4 is 0 Å². The lowest BCUT2D eigenvalue weighted by atomic mass is 10.0. The van der Waals surface area contributed by atoms with Crippen molar-refractivity contribution in [1.29, 1.82) is 0 Å². The first-order valence-electron chi connectivity index (χ1n) is 5.63. The maximum absolute atomic E-state index is 5.94. The minimum Gasteiger partial charge on any atom is -0.460 e. The summed E-state index contributed by atoms with van der Waals surface area (Å²) in [5.74, 6) is 2.30. The van der Waals surface area contributed by atoms with Gasteiger partial charge < -0.3 is 4.42 Å². The molecule has 15 heavy (non-hydrogen) atoms. The molecule has 0 N–H and O–H groups in total. The Morgan fingerprint density at radius 3 is 2.80 bits per heavy atom. The predicted octanol–water partition coefficient (Wildman–Crippen LogP) is 3.83. The molecule has 0 spiro atoms. The fourth-order valence-electron chi connectivity index (χ4n) is 1.98. The van der Waals surface area contributed by atoms with E-state index in [9.17, 15) is 0 Å². The fourth-order valence-corrected chi connectivity index (χ4v) is 1.98. The van der Waals surface area contributed by atoms with Gasteiger partial charge in [-0.15, -0.1) is 0 Å². The first kappa shape index (κ1) is 8.96. The Morgan fingerprint density at radius 2 is 2.13 bits per heavy atom. The number of pyridine rings is 1. The van der Waals surface area contributed by atoms with E-state index in [2.05, 4.69) is 24.9 Å². The van der Waals surface area contributed by atoms with Gasteiger partial charge in [-0.1, -0.05) is 13.8 Å². The third-order valence-electron chi connectivity index (χ3n) is 3.07. The molecule has 2 heteroatoms. The van der Waals surface area contributed by atoms with E-state index in [1.807, 2.05) is 12.4 Å². The van der Waals surface area contributed by atoms with E-state index in [4.69, 9.17) is 4.42 Å². The lowest BCUT2D eigenvalue weighted by Crippen LogP contribution is -1.88. The average Bonchev–Trinajstić information content (AvgIpc) is 2.96. The zero-order chi connectivity index (χ0) is 10.4. The standard InChI is InChI=1S/C13H15NO/c1-8(2)11-7-14-6-10-5-12(9-3-4-9)15-13(10)11/h5-9H,3-4H2,1-2H3. The Morgan fingerprint density at radius 1 is 1.33 bits per heavy atom. The van der Waals surface area contributed by atoms with E-state index in [0.717, 1.165) is 16.7 Å². The van der Waals surface area contributed by atoms with Crippen molar-refractivity contribution >= 4 is 11.0 Å². The van der Waals surface area contributed by atoms with Gasteiger partial charge >= 0.3 is 0 Å². The summed E-state index contributed by atoms with van der Waals surface area (Å²) >= 11 is 0. The average molecular weight is 201 g/mol. The Balaban J connectivity index is 2.19. The van der Waals surface area contributed by atoms with Crippen LogP contribution >= 0.6 is 0 Å². The molecule has 1 aliphatic carbocycles. The predicted molar refractivity (Wildman–Crippen MR) is 60.1 cm³/mol. The van der Waals surface area contributed by atoms with E-state index in [-0.39, 0.29) is 0 Å². The van der Waals surface area contributed by atoms with Crippen LogP contribution in [0, 0.1) is 0 Å². The fraction of sp³-hybridized carbons (Fsp3) is 0.462. The molecule has 78 valence electrons. The van der Waals surface area contributed by atoms with Crippen molar-refractivity contribution in [3.8, 4) is 0 Å². The maximum Gasteiger partial charge on any atom is 0.140 e. The molecule has 2 nitrogen and oxygen atoms in total. The van der Waals surface area contributed by atoms with Gasteiger partial charge in [-0.25, -0.2) is 0 Å². The van der Waals surface area contributed by atoms with E-state index in [1.54, 1.807) is 0 Å². The molecule has 0 atom stereocenters. The van der Waals surface area contributed by atoms with Gasteiger partial charge in [0.25, 0.3) is 0 Å². The van der Waals surface area contributed by atoms with Crippen molar-refractivity contribution in [2.24, 2.45) is 0 Å². The van der Waals surface area contributed by atoms with Crippen LogP contribution in [0.15, 0.2) is 22.9 Å². The van der Waals surface area contributed by atoms with E-state index in [1.165, 1.54) is 18.4 Å². The normalized spacial score (nSPS) is 16.5. The molecular weight excluding hydrogens is 186 g/mol. The number of aromatic nitrogens is 1. The van der Waals surface area contributed by atoms with Crippen LogP contribution in [-0.4, -0.2) is 4.98 Å². The zero-order valence-corrected chi connectivity index (χ0v) is 9.16. The van der Waals surface area contributed by atoms with E-state index < -0.39 is 0 Å². The molecule has 0 radical (unpaired) electrons. The SMILES string of the molecule is CC(C)c1cncc2cc(C3CC3)oc12. The first-order chi connectivity index (χ1) is 7.25. The van der Waals surface area contributed by atoms with Crippen LogP contribution in [0.25, 0.3) is 11.0 Å². The van der Waals surface area contributed by atoms with Crippen LogP contribution in [0.1, 0.15) is 49.8 Å². The van der Waals surface area contributed by atoms with Crippen LogP contribution in [0.5, 0.6) is 0 Å². The highest BCUT2D eigenvalue weighted by Crippen LogP contribution is 2.42. The molecule has 0 saturated heterocycles. The second-order valence-electron chi connectivity index (χ2n) is 4.72. The summed E-state index contributed by atoms with van der Waals surface area (Å²) in [6, 6.07) is 2.16. The first-order valence-corrected chi connectivity index (χ1v) is 5.63. The molecule has 0 bridgehead atoms. The van der Waals surface area contributed by atoms with Crippen molar-refractivity contribution in [2.45, 2.75) is 38.5 Å². The largest absolute Gasteiger partial charge is 0.460 e. The lowest BCUT2D eigenvalue weighted by molar-refractivity contribution is 0.546. The molecule has 2 heterocycles. The number of hydrogen-bond acceptors (Lipinski definition) is 2. The van der Waals surface area contributed by atoms with Gasteiger partial charge in [0.15, 0.2) is 0 Å². The minimum atomic E-state index is 0.472. The van der Waals surface area contributed by atoms with Gasteiger partial charge in [0.05, 0.1) is 0 Å². The van der Waals surface area contributed by atoms with Gasteiger partial charge in [-0.05, 0) is 24.8 Å². The molecule has 2 aromatic heterocycles. The number of hydrogen-bond donors (Lipinski definition) is 0. The Kier molecular flexibility index (Phi) is 1.84. The number of fused-ring (bicyclic) bond motifs is 1. The second-order valence-corrected chi connectivity index (χ2v) is 4.72. The molecule has 3 rings (SSSR count). The van der Waals surface area contributed by atoms with Crippen molar-refractivity contribution in [2.75, 3.05) is 0 Å². The molecule has 0 aromatic carbocycles. The van der Waals surface area contributed by atoms with Crippen LogP contribution in [-0.2, 0) is 0 Å². The Bertz CT molecular complexity index is 494. The van der Waals surface area contributed by atoms with Crippen molar-refractivity contribution in [3.05, 3.63) is 29.8 Å². The molecule has 1 aliphatic rings. The van der Waals surface area contributed by atoms with Crippen molar-refractivity contribution in [3.63, 3.8) is 0 Å². The van der Waals surface area contributed by atoms with Crippen molar-refractivity contribution < 1.29 is 4.42 Å². The second kappa shape index (κ2) is 3.09. The van der Waals surface area contributed by atoms with Gasteiger partial charge in [-0.2, -0.15) is 0 Å². The Hall–Kier alpha value is -1.31. The van der Waals surface area contributed by atoms with E-state index >= 15 is 0 Å². The summed E-state index contributed by atoms with van der Waals surface area (Å²) in [6.07, 6.45) is 6.39. The summed E-state index contributed by atoms with van der Waals surface area (Å²) in [7, 11) is 0. The zero-order valence-electron chi connectivity index (χ0n) is 9.16. The summed E-state index contributed by atoms with van der Waals surface area (Å²) in [6.45, 7) is 4.35. The third-order valence-corrected chi connectivity index (χ3v) is 3.07. The van der Waals surface area contributed by atoms with E-state index in [0.29, 0.717) is 11.8 Å². The smallest absolute Gasteiger partial charge is 0.140 e. The molecule has 0 aliphatic heterocycles. The summed E-state index contributed by atoms with van der Waals surface area (Å²) in [4.78, 5) is 4.27. The maximum atomic E-state index is 5.94. The molecule has 1 fully saturated rings. The number of nitrogens with zero attached hydrogens (tertiary/aromatic N) is 1. The molecule has 0 amide bonds. The Labute approximate surface area is 89.3 Å². The molecule has 2 aromatic rings. The molecule has 0 unspecified atom stereocenters. The molecule has 1 saturated carbocycles. The van der Waals surface area contributed by atoms with Gasteiger partial charge in [0.1, 0.15) is 11.3 Å². The lowest BCUT2D eigenvalue weighted by Gasteiger charge is -2.03. The highest BCUT2D eigenvalue weighted by Gasteiger charge is 2.27. The van der Waals surface area contributed by atoms with Crippen molar-refractivity contribution in [1.82, 2.24) is 4.98 Å². The van der Waals surface area contributed by atoms with Crippen LogP contribution in [0.3, 0.4) is 0 Å². The third kappa shape index (κ3) is 1.44.